The van der Waals surface area contributed by atoms with Crippen LogP contribution in [0.5, 0.6) is 0 Å². The molecule has 1 N–H and O–H groups in total. The topological polar surface area (TPSA) is 98.8 Å². The predicted octanol–water partition coefficient (Wildman–Crippen LogP) is 3.47. The van der Waals surface area contributed by atoms with E-state index in [4.69, 9.17) is 11.6 Å². The smallest absolute Gasteiger partial charge is 0.339 e. The van der Waals surface area contributed by atoms with Gasteiger partial charge in [0, 0.05) is 9.50 Å². The number of nitrogens with one attached hydrogen (secondary N) is 1. The average molecular weight is 491 g/mol. The normalized spacial score (nSPS) is 12.3. The van der Waals surface area contributed by atoms with Crippen molar-refractivity contribution in [2.45, 2.75) is 17.4 Å². The van der Waals surface area contributed by atoms with E-state index < -0.39 is 28.0 Å². The molecule has 0 heterocycles. The van der Waals surface area contributed by atoms with E-state index in [1.54, 1.807) is 24.3 Å². The molecule has 0 aromatic heterocycles. The van der Waals surface area contributed by atoms with Crippen LogP contribution in [0.3, 0.4) is 0 Å². The van der Waals surface area contributed by atoms with Gasteiger partial charge in [0.05, 0.1) is 37.1 Å². The zero-order valence-electron chi connectivity index (χ0n) is 14.9. The number of hydrogen-bond acceptors (Lipinski definition) is 6. The van der Waals surface area contributed by atoms with Gasteiger partial charge in [0.25, 0.3) is 0 Å². The van der Waals surface area contributed by atoms with Crippen LogP contribution in [0.4, 0.5) is 0 Å². The van der Waals surface area contributed by atoms with Crippen molar-refractivity contribution < 1.29 is 27.5 Å². The van der Waals surface area contributed by atoms with Crippen LogP contribution in [0.1, 0.15) is 28.4 Å². The van der Waals surface area contributed by atoms with E-state index in [2.05, 4.69) is 30.1 Å². The maximum atomic E-state index is 12.9. The highest BCUT2D eigenvalue weighted by atomic mass is 79.9. The Morgan fingerprint density at radius 3 is 2.43 bits per heavy atom. The molecule has 0 saturated heterocycles. The van der Waals surface area contributed by atoms with E-state index in [9.17, 15) is 18.0 Å². The average Bonchev–Trinajstić information content (AvgIpc) is 2.67. The van der Waals surface area contributed by atoms with Gasteiger partial charge in [-0.2, -0.15) is 0 Å². The van der Waals surface area contributed by atoms with Gasteiger partial charge in [0.15, 0.2) is 0 Å². The van der Waals surface area contributed by atoms with Gasteiger partial charge in [-0.1, -0.05) is 29.8 Å². The zero-order chi connectivity index (χ0) is 20.9. The maximum absolute atomic E-state index is 12.9. The van der Waals surface area contributed by atoms with Crippen molar-refractivity contribution in [3.05, 3.63) is 63.1 Å². The molecule has 0 fully saturated rings. The summed E-state index contributed by atoms with van der Waals surface area (Å²) in [5, 5.41) is 0.296. The molecule has 2 aromatic rings. The van der Waals surface area contributed by atoms with Crippen molar-refractivity contribution in [2.75, 3.05) is 14.2 Å². The minimum absolute atomic E-state index is 0.0487. The van der Waals surface area contributed by atoms with Gasteiger partial charge in [-0.3, -0.25) is 4.79 Å². The fourth-order valence-electron chi connectivity index (χ4n) is 2.42. The fourth-order valence-corrected chi connectivity index (χ4v) is 4.33. The highest BCUT2D eigenvalue weighted by molar-refractivity contribution is 9.10. The van der Waals surface area contributed by atoms with Crippen molar-refractivity contribution in [2.24, 2.45) is 0 Å². The van der Waals surface area contributed by atoms with E-state index in [1.807, 2.05) is 0 Å². The van der Waals surface area contributed by atoms with Gasteiger partial charge in [0.1, 0.15) is 0 Å². The summed E-state index contributed by atoms with van der Waals surface area (Å²) >= 11 is 9.36. The zero-order valence-corrected chi connectivity index (χ0v) is 18.1. The predicted molar refractivity (Wildman–Crippen MR) is 107 cm³/mol. The van der Waals surface area contributed by atoms with Gasteiger partial charge in [-0.05, 0) is 45.8 Å². The Kier molecular flexibility index (Phi) is 7.59. The van der Waals surface area contributed by atoms with E-state index in [1.165, 1.54) is 32.4 Å². The first kappa shape index (κ1) is 22.4. The lowest BCUT2D eigenvalue weighted by atomic mass is 10.1. The molecule has 0 spiro atoms. The molecule has 1 atom stereocenters. The number of esters is 2. The van der Waals surface area contributed by atoms with Crippen LogP contribution < -0.4 is 4.72 Å². The summed E-state index contributed by atoms with van der Waals surface area (Å²) in [7, 11) is -1.71. The number of halogens is 2. The van der Waals surface area contributed by atoms with Gasteiger partial charge in [-0.25, -0.2) is 17.9 Å². The van der Waals surface area contributed by atoms with Crippen LogP contribution in [0.2, 0.25) is 5.02 Å². The Morgan fingerprint density at radius 1 is 1.14 bits per heavy atom. The first-order valence-electron chi connectivity index (χ1n) is 7.91. The minimum Gasteiger partial charge on any atom is -0.469 e. The summed E-state index contributed by atoms with van der Waals surface area (Å²) in [6.45, 7) is 0. The third-order valence-corrected chi connectivity index (χ3v) is 6.34. The molecule has 1 unspecified atom stereocenters. The third kappa shape index (κ3) is 5.32. The highest BCUT2D eigenvalue weighted by Gasteiger charge is 2.26. The lowest BCUT2D eigenvalue weighted by Gasteiger charge is -2.19. The molecule has 7 nitrogen and oxygen atoms in total. The molecule has 2 aromatic carbocycles. The standard InChI is InChI=1S/C18H17BrClNO6S/c1-26-17(22)10-16(12-5-3-4-6-15(12)20)21-28(24,25)11-7-8-14(19)13(9-11)18(23)27-2/h3-9,16,21H,10H2,1-2H3. The third-order valence-electron chi connectivity index (χ3n) is 3.83. The van der Waals surface area contributed by atoms with Crippen LogP contribution in [-0.4, -0.2) is 34.6 Å². The number of hydrogen-bond donors (Lipinski definition) is 1. The van der Waals surface area contributed by atoms with E-state index >= 15 is 0 Å². The second-order valence-electron chi connectivity index (χ2n) is 5.61. The molecule has 28 heavy (non-hydrogen) atoms. The van der Waals surface area contributed by atoms with Crippen molar-refractivity contribution in [3.8, 4) is 0 Å². The molecule has 0 aliphatic carbocycles. The number of rotatable bonds is 7. The first-order chi connectivity index (χ1) is 13.2. The molecule has 2 rings (SSSR count). The van der Waals surface area contributed by atoms with E-state index in [-0.39, 0.29) is 16.9 Å². The summed E-state index contributed by atoms with van der Waals surface area (Å²) in [5.41, 5.74) is 0.469. The largest absolute Gasteiger partial charge is 0.469 e. The summed E-state index contributed by atoms with van der Waals surface area (Å²) in [4.78, 5) is 23.5. The maximum Gasteiger partial charge on any atom is 0.339 e. The van der Waals surface area contributed by atoms with Crippen LogP contribution in [0.25, 0.3) is 0 Å². The minimum atomic E-state index is -4.10. The number of benzene rings is 2. The van der Waals surface area contributed by atoms with Gasteiger partial charge >= 0.3 is 11.9 Å². The molecule has 0 aliphatic heterocycles. The van der Waals surface area contributed by atoms with Gasteiger partial charge in [0.2, 0.25) is 10.0 Å². The Balaban J connectivity index is 2.44. The van der Waals surface area contributed by atoms with Crippen molar-refractivity contribution in [1.29, 1.82) is 0 Å². The fraction of sp³-hybridized carbons (Fsp3) is 0.222. The molecule has 0 aliphatic rings. The Hall–Kier alpha value is -1.94. The Bertz CT molecular complexity index is 995. The van der Waals surface area contributed by atoms with Crippen molar-refractivity contribution >= 4 is 49.5 Å². The summed E-state index contributed by atoms with van der Waals surface area (Å²) in [5.74, 6) is -1.31. The molecule has 10 heteroatoms. The summed E-state index contributed by atoms with van der Waals surface area (Å²) < 4.78 is 37.9. The molecule has 0 bridgehead atoms. The van der Waals surface area contributed by atoms with Gasteiger partial charge < -0.3 is 9.47 Å². The van der Waals surface area contributed by atoms with Crippen molar-refractivity contribution in [1.82, 2.24) is 4.72 Å². The first-order valence-corrected chi connectivity index (χ1v) is 10.6. The number of carbonyl (C=O) groups excluding carboxylic acids is 2. The van der Waals surface area contributed by atoms with Crippen LogP contribution >= 0.6 is 27.5 Å². The summed E-state index contributed by atoms with van der Waals surface area (Å²) in [6.07, 6.45) is -0.264. The second kappa shape index (κ2) is 9.51. The van der Waals surface area contributed by atoms with Crippen LogP contribution in [0, 0.1) is 0 Å². The SMILES string of the molecule is COC(=O)CC(NS(=O)(=O)c1ccc(Br)c(C(=O)OC)c1)c1ccccc1Cl. The quantitative estimate of drug-likeness (QED) is 0.597. The number of ether oxygens (including phenoxy) is 2. The Labute approximate surface area is 176 Å². The number of methoxy groups -OCH3 is 2. The molecule has 150 valence electrons. The number of sulfonamides is 1. The molecule has 0 radical (unpaired) electrons. The second-order valence-corrected chi connectivity index (χ2v) is 8.58. The Morgan fingerprint density at radius 2 is 1.82 bits per heavy atom. The van der Waals surface area contributed by atoms with Crippen LogP contribution in [0.15, 0.2) is 51.8 Å². The van der Waals surface area contributed by atoms with E-state index in [0.29, 0.717) is 15.1 Å². The van der Waals surface area contributed by atoms with Crippen molar-refractivity contribution in [3.63, 3.8) is 0 Å². The molecular formula is C18H17BrClNO6S. The molecular weight excluding hydrogens is 474 g/mol. The van der Waals surface area contributed by atoms with Gasteiger partial charge in [-0.15, -0.1) is 0 Å². The van der Waals surface area contributed by atoms with Crippen LogP contribution in [-0.2, 0) is 24.3 Å². The van der Waals surface area contributed by atoms with E-state index in [0.717, 1.165) is 0 Å². The lowest BCUT2D eigenvalue weighted by molar-refractivity contribution is -0.141. The highest BCUT2D eigenvalue weighted by Crippen LogP contribution is 2.28. The summed E-state index contributed by atoms with van der Waals surface area (Å²) in [6, 6.07) is 9.52. The lowest BCUT2D eigenvalue weighted by Crippen LogP contribution is -2.31. The molecule has 0 amide bonds. The molecule has 0 saturated carbocycles. The monoisotopic (exact) mass is 489 g/mol. The number of carbonyl (C=O) groups is 2.